The molecule has 0 amide bonds. The van der Waals surface area contributed by atoms with E-state index in [1.165, 1.54) is 0 Å². The fourth-order valence-corrected chi connectivity index (χ4v) is 5.04. The van der Waals surface area contributed by atoms with Gasteiger partial charge in [0.05, 0.1) is 11.5 Å². The summed E-state index contributed by atoms with van der Waals surface area (Å²) < 4.78 is 38.0. The molecule has 0 spiro atoms. The first-order chi connectivity index (χ1) is 16.4. The Kier molecular flexibility index (Phi) is 7.83. The molecule has 0 fully saturated rings. The van der Waals surface area contributed by atoms with Gasteiger partial charge in [-0.05, 0) is 61.4 Å². The zero-order valence-corrected chi connectivity index (χ0v) is 21.1. The molecule has 0 aliphatic carbocycles. The highest BCUT2D eigenvalue weighted by atomic mass is 79.9. The number of hydrogen-bond donors (Lipinski definition) is 0. The van der Waals surface area contributed by atoms with Gasteiger partial charge in [0.25, 0.3) is 10.1 Å². The second-order valence-electron chi connectivity index (χ2n) is 7.94. The standard InChI is InChI=1S/C28H25BrO4S/c1-21-12-15-25(16-13-21)34(30,31)32-19-18-26(22-8-4-2-5-9-22)27-20-23(29)14-17-28(27)33-24-10-6-3-7-11-24/h2-17,20,26H,18-19H2,1H3. The Balaban J connectivity index is 1.61. The number of ether oxygens (including phenoxy) is 1. The molecular formula is C28H25BrO4S. The van der Waals surface area contributed by atoms with Gasteiger partial charge >= 0.3 is 0 Å². The lowest BCUT2D eigenvalue weighted by atomic mass is 9.88. The Morgan fingerprint density at radius 2 is 1.47 bits per heavy atom. The topological polar surface area (TPSA) is 52.6 Å². The SMILES string of the molecule is Cc1ccc(S(=O)(=O)OCCC(c2ccccc2)c2cc(Br)ccc2Oc2ccccc2)cc1. The summed E-state index contributed by atoms with van der Waals surface area (Å²) in [4.78, 5) is 0.157. The Morgan fingerprint density at radius 1 is 0.824 bits per heavy atom. The first-order valence-electron chi connectivity index (χ1n) is 11.0. The summed E-state index contributed by atoms with van der Waals surface area (Å²) in [5, 5.41) is 0. The first kappa shape index (κ1) is 24.2. The van der Waals surface area contributed by atoms with Crippen LogP contribution in [0.5, 0.6) is 11.5 Å². The number of benzene rings is 4. The Labute approximate surface area is 209 Å². The van der Waals surface area contributed by atoms with Crippen molar-refractivity contribution in [3.05, 3.63) is 124 Å². The Hall–Kier alpha value is -2.93. The largest absolute Gasteiger partial charge is 0.457 e. The van der Waals surface area contributed by atoms with Gasteiger partial charge in [0.1, 0.15) is 11.5 Å². The molecule has 0 bridgehead atoms. The highest BCUT2D eigenvalue weighted by molar-refractivity contribution is 9.10. The number of aryl methyl sites for hydroxylation is 1. The maximum Gasteiger partial charge on any atom is 0.296 e. The van der Waals surface area contributed by atoms with Gasteiger partial charge in [0.15, 0.2) is 0 Å². The lowest BCUT2D eigenvalue weighted by Gasteiger charge is -2.22. The predicted molar refractivity (Wildman–Crippen MR) is 138 cm³/mol. The molecule has 4 aromatic rings. The summed E-state index contributed by atoms with van der Waals surface area (Å²) >= 11 is 3.58. The average Bonchev–Trinajstić information content (AvgIpc) is 2.84. The van der Waals surface area contributed by atoms with E-state index in [9.17, 15) is 8.42 Å². The van der Waals surface area contributed by atoms with Gasteiger partial charge in [-0.1, -0.05) is 82.2 Å². The molecule has 0 aliphatic heterocycles. The Bertz CT molecular complexity index is 1320. The number of para-hydroxylation sites is 1. The van der Waals surface area contributed by atoms with Gasteiger partial charge in [0.2, 0.25) is 0 Å². The molecule has 174 valence electrons. The van der Waals surface area contributed by atoms with Crippen LogP contribution in [0, 0.1) is 6.92 Å². The third kappa shape index (κ3) is 6.14. The predicted octanol–water partition coefficient (Wildman–Crippen LogP) is 7.48. The molecule has 0 heterocycles. The lowest BCUT2D eigenvalue weighted by molar-refractivity contribution is 0.305. The van der Waals surface area contributed by atoms with E-state index < -0.39 is 10.1 Å². The summed E-state index contributed by atoms with van der Waals surface area (Å²) in [6, 6.07) is 32.1. The van der Waals surface area contributed by atoms with Crippen LogP contribution in [0.3, 0.4) is 0 Å². The van der Waals surface area contributed by atoms with Gasteiger partial charge < -0.3 is 4.74 Å². The summed E-state index contributed by atoms with van der Waals surface area (Å²) in [5.41, 5.74) is 2.99. The van der Waals surface area contributed by atoms with E-state index in [-0.39, 0.29) is 17.4 Å². The Morgan fingerprint density at radius 3 is 2.15 bits per heavy atom. The van der Waals surface area contributed by atoms with E-state index in [0.717, 1.165) is 26.9 Å². The van der Waals surface area contributed by atoms with Gasteiger partial charge in [-0.25, -0.2) is 0 Å². The molecule has 34 heavy (non-hydrogen) atoms. The first-order valence-corrected chi connectivity index (χ1v) is 13.2. The second-order valence-corrected chi connectivity index (χ2v) is 10.5. The van der Waals surface area contributed by atoms with Crippen molar-refractivity contribution in [1.29, 1.82) is 0 Å². The lowest BCUT2D eigenvalue weighted by Crippen LogP contribution is -2.12. The van der Waals surface area contributed by atoms with E-state index in [0.29, 0.717) is 12.2 Å². The minimum absolute atomic E-state index is 0.0348. The average molecular weight is 537 g/mol. The van der Waals surface area contributed by atoms with Crippen molar-refractivity contribution in [1.82, 2.24) is 0 Å². The fourth-order valence-electron chi connectivity index (χ4n) is 3.74. The summed E-state index contributed by atoms with van der Waals surface area (Å²) in [7, 11) is -3.84. The normalized spacial score (nSPS) is 12.3. The minimum Gasteiger partial charge on any atom is -0.457 e. The molecule has 4 nitrogen and oxygen atoms in total. The molecular weight excluding hydrogens is 512 g/mol. The monoisotopic (exact) mass is 536 g/mol. The zero-order valence-electron chi connectivity index (χ0n) is 18.7. The van der Waals surface area contributed by atoms with Crippen molar-refractivity contribution in [3.63, 3.8) is 0 Å². The molecule has 0 N–H and O–H groups in total. The molecule has 0 aromatic heterocycles. The van der Waals surface area contributed by atoms with Crippen LogP contribution >= 0.6 is 15.9 Å². The van der Waals surface area contributed by atoms with E-state index in [1.54, 1.807) is 24.3 Å². The number of rotatable bonds is 9. The molecule has 0 radical (unpaired) electrons. The van der Waals surface area contributed by atoms with Crippen molar-refractivity contribution >= 4 is 26.0 Å². The summed E-state index contributed by atoms with van der Waals surface area (Å²) in [6.07, 6.45) is 0.455. The van der Waals surface area contributed by atoms with Crippen LogP contribution < -0.4 is 4.74 Å². The summed E-state index contributed by atoms with van der Waals surface area (Å²) in [5.74, 6) is 1.31. The smallest absolute Gasteiger partial charge is 0.296 e. The maximum absolute atomic E-state index is 12.7. The highest BCUT2D eigenvalue weighted by Gasteiger charge is 2.22. The van der Waals surface area contributed by atoms with E-state index in [4.69, 9.17) is 8.92 Å². The highest BCUT2D eigenvalue weighted by Crippen LogP contribution is 2.38. The van der Waals surface area contributed by atoms with Gasteiger partial charge in [-0.2, -0.15) is 8.42 Å². The van der Waals surface area contributed by atoms with Crippen LogP contribution in [-0.4, -0.2) is 15.0 Å². The van der Waals surface area contributed by atoms with Gasteiger partial charge in [0, 0.05) is 16.0 Å². The molecule has 0 saturated heterocycles. The molecule has 1 atom stereocenters. The van der Waals surface area contributed by atoms with Crippen molar-refractivity contribution in [2.45, 2.75) is 24.2 Å². The molecule has 6 heteroatoms. The molecule has 4 rings (SSSR count). The van der Waals surface area contributed by atoms with Gasteiger partial charge in [-0.3, -0.25) is 4.18 Å². The molecule has 4 aromatic carbocycles. The van der Waals surface area contributed by atoms with Crippen molar-refractivity contribution in [2.75, 3.05) is 6.61 Å². The minimum atomic E-state index is -3.84. The maximum atomic E-state index is 12.7. The van der Waals surface area contributed by atoms with Crippen LogP contribution in [0.25, 0.3) is 0 Å². The third-order valence-electron chi connectivity index (χ3n) is 5.47. The molecule has 0 aliphatic rings. The van der Waals surface area contributed by atoms with Crippen molar-refractivity contribution in [2.24, 2.45) is 0 Å². The number of hydrogen-bond acceptors (Lipinski definition) is 4. The van der Waals surface area contributed by atoms with E-state index >= 15 is 0 Å². The zero-order chi connectivity index (χ0) is 24.0. The fraction of sp³-hybridized carbons (Fsp3) is 0.143. The van der Waals surface area contributed by atoms with Crippen LogP contribution in [0.15, 0.2) is 112 Å². The van der Waals surface area contributed by atoms with Crippen LogP contribution in [0.4, 0.5) is 0 Å². The van der Waals surface area contributed by atoms with E-state index in [2.05, 4.69) is 15.9 Å². The third-order valence-corrected chi connectivity index (χ3v) is 7.29. The van der Waals surface area contributed by atoms with Crippen molar-refractivity contribution < 1.29 is 17.3 Å². The van der Waals surface area contributed by atoms with Crippen molar-refractivity contribution in [3.8, 4) is 11.5 Å². The van der Waals surface area contributed by atoms with Crippen LogP contribution in [-0.2, 0) is 14.3 Å². The van der Waals surface area contributed by atoms with Gasteiger partial charge in [-0.15, -0.1) is 0 Å². The van der Waals surface area contributed by atoms with Crippen LogP contribution in [0.2, 0.25) is 0 Å². The van der Waals surface area contributed by atoms with Crippen LogP contribution in [0.1, 0.15) is 29.0 Å². The molecule has 1 unspecified atom stereocenters. The second kappa shape index (κ2) is 11.0. The summed E-state index contributed by atoms with van der Waals surface area (Å²) in [6.45, 7) is 1.95. The number of halogens is 1. The molecule has 0 saturated carbocycles. The van der Waals surface area contributed by atoms with E-state index in [1.807, 2.05) is 85.8 Å². The quantitative estimate of drug-likeness (QED) is 0.208.